The van der Waals surface area contributed by atoms with Crippen LogP contribution in [0.15, 0.2) is 66.7 Å². The van der Waals surface area contributed by atoms with Crippen LogP contribution in [-0.4, -0.2) is 10.6 Å². The molecule has 33 heavy (non-hydrogen) atoms. The van der Waals surface area contributed by atoms with Gasteiger partial charge in [-0.05, 0) is 67.8 Å². The van der Waals surface area contributed by atoms with E-state index >= 15 is 0 Å². The number of nitrogens with zero attached hydrogens (tertiary/aromatic N) is 2. The van der Waals surface area contributed by atoms with Gasteiger partial charge >= 0.3 is 0 Å². The van der Waals surface area contributed by atoms with E-state index < -0.39 is 11.1 Å². The van der Waals surface area contributed by atoms with Crippen molar-refractivity contribution in [2.45, 2.75) is 45.9 Å². The van der Waals surface area contributed by atoms with Gasteiger partial charge in [0.15, 0.2) is 0 Å². The quantitative estimate of drug-likeness (QED) is 0.329. The Labute approximate surface area is 193 Å². The van der Waals surface area contributed by atoms with Crippen LogP contribution in [0.5, 0.6) is 5.75 Å². The Bertz CT molecular complexity index is 1270. The maximum atomic E-state index is 13.5. The second-order valence-electron chi connectivity index (χ2n) is 8.92. The summed E-state index contributed by atoms with van der Waals surface area (Å²) in [6, 6.07) is 17.8. The SMILES string of the molecule is C.Cc1cc([N+](=O)[O-])cc2c1OC1(C=C2)N(Cc2ccc(F)cc2)c2ccccc2C1(C)C. The standard InChI is InChI=1S/C26H23FN2O3.CH4/c1-17-14-21(29(30)31)15-19-12-13-26(32-24(17)19)25(2,3)22-6-4-5-7-23(22)28(26)16-18-8-10-20(27)11-9-18;/h4-15H,16H2,1-3H3;1H4. The number of hydrogen-bond acceptors (Lipinski definition) is 4. The minimum Gasteiger partial charge on any atom is -0.462 e. The first-order valence-electron chi connectivity index (χ1n) is 10.5. The number of hydrogen-bond donors (Lipinski definition) is 0. The number of benzene rings is 3. The molecular weight excluding hydrogens is 419 g/mol. The molecule has 0 saturated heterocycles. The van der Waals surface area contributed by atoms with Gasteiger partial charge in [-0.1, -0.05) is 37.8 Å². The highest BCUT2D eigenvalue weighted by atomic mass is 19.1. The number of halogens is 1. The van der Waals surface area contributed by atoms with Crippen LogP contribution < -0.4 is 9.64 Å². The van der Waals surface area contributed by atoms with Crippen LogP contribution in [0.4, 0.5) is 15.8 Å². The number of fused-ring (bicyclic) bond motifs is 2. The van der Waals surface area contributed by atoms with Crippen LogP contribution in [0.25, 0.3) is 6.08 Å². The van der Waals surface area contributed by atoms with Crippen molar-refractivity contribution < 1.29 is 14.1 Å². The largest absolute Gasteiger partial charge is 0.462 e. The molecule has 5 rings (SSSR count). The highest BCUT2D eigenvalue weighted by Gasteiger charge is 2.58. The number of aryl methyl sites for hydroxylation is 1. The monoisotopic (exact) mass is 446 g/mol. The summed E-state index contributed by atoms with van der Waals surface area (Å²) < 4.78 is 20.3. The summed E-state index contributed by atoms with van der Waals surface area (Å²) >= 11 is 0. The molecule has 0 fully saturated rings. The van der Waals surface area contributed by atoms with Crippen molar-refractivity contribution in [1.82, 2.24) is 0 Å². The first-order valence-corrected chi connectivity index (χ1v) is 10.5. The van der Waals surface area contributed by atoms with Gasteiger partial charge in [-0.2, -0.15) is 0 Å². The van der Waals surface area contributed by atoms with E-state index in [4.69, 9.17) is 4.74 Å². The topological polar surface area (TPSA) is 55.6 Å². The molecule has 3 aromatic rings. The summed E-state index contributed by atoms with van der Waals surface area (Å²) in [5.41, 5.74) is 3.33. The lowest BCUT2D eigenvalue weighted by molar-refractivity contribution is -0.384. The van der Waals surface area contributed by atoms with Gasteiger partial charge < -0.3 is 9.64 Å². The molecule has 2 aliphatic heterocycles. The van der Waals surface area contributed by atoms with Gasteiger partial charge in [0.05, 0.1) is 10.3 Å². The molecule has 0 radical (unpaired) electrons. The van der Waals surface area contributed by atoms with Crippen molar-refractivity contribution in [3.63, 3.8) is 0 Å². The first-order chi connectivity index (χ1) is 15.2. The Balaban J connectivity index is 0.00000259. The molecule has 1 spiro atoms. The number of nitro benzene ring substituents is 1. The third-order valence-electron chi connectivity index (χ3n) is 6.66. The third-order valence-corrected chi connectivity index (χ3v) is 6.66. The fourth-order valence-corrected chi connectivity index (χ4v) is 4.95. The average molecular weight is 447 g/mol. The lowest BCUT2D eigenvalue weighted by Gasteiger charge is -2.47. The Morgan fingerprint density at radius 1 is 1.09 bits per heavy atom. The Kier molecular flexibility index (Phi) is 5.27. The number of anilines is 1. The van der Waals surface area contributed by atoms with Crippen LogP contribution >= 0.6 is 0 Å². The second kappa shape index (κ2) is 7.73. The molecular formula is C27H27FN2O3. The molecule has 0 N–H and O–H groups in total. The Morgan fingerprint density at radius 3 is 2.48 bits per heavy atom. The summed E-state index contributed by atoms with van der Waals surface area (Å²) in [5.74, 6) is 0.369. The molecule has 3 aromatic carbocycles. The summed E-state index contributed by atoms with van der Waals surface area (Å²) in [6.07, 6.45) is 3.92. The van der Waals surface area contributed by atoms with Crippen LogP contribution in [0, 0.1) is 22.9 Å². The summed E-state index contributed by atoms with van der Waals surface area (Å²) in [7, 11) is 0. The molecule has 2 heterocycles. The van der Waals surface area contributed by atoms with Crippen molar-refractivity contribution in [1.29, 1.82) is 0 Å². The molecule has 170 valence electrons. The second-order valence-corrected chi connectivity index (χ2v) is 8.92. The summed E-state index contributed by atoms with van der Waals surface area (Å²) in [4.78, 5) is 13.1. The van der Waals surface area contributed by atoms with E-state index in [1.165, 1.54) is 12.1 Å². The van der Waals surface area contributed by atoms with E-state index in [2.05, 4.69) is 30.9 Å². The van der Waals surface area contributed by atoms with Gasteiger partial charge in [-0.3, -0.25) is 10.1 Å². The van der Waals surface area contributed by atoms with Crippen molar-refractivity contribution in [3.8, 4) is 5.75 Å². The zero-order valence-corrected chi connectivity index (χ0v) is 18.1. The van der Waals surface area contributed by atoms with Crippen LogP contribution in [-0.2, 0) is 12.0 Å². The molecule has 0 amide bonds. The number of rotatable bonds is 3. The predicted octanol–water partition coefficient (Wildman–Crippen LogP) is 6.78. The first kappa shape index (κ1) is 22.5. The van der Waals surface area contributed by atoms with E-state index in [1.807, 2.05) is 31.2 Å². The number of para-hydroxylation sites is 1. The molecule has 6 heteroatoms. The highest BCUT2D eigenvalue weighted by Crippen LogP contribution is 2.55. The van der Waals surface area contributed by atoms with Crippen molar-refractivity contribution >= 4 is 17.5 Å². The maximum absolute atomic E-state index is 13.5. The lowest BCUT2D eigenvalue weighted by atomic mass is 9.76. The van der Waals surface area contributed by atoms with E-state index in [-0.39, 0.29) is 23.9 Å². The van der Waals surface area contributed by atoms with Crippen LogP contribution in [0.1, 0.15) is 43.5 Å². The Hall–Kier alpha value is -3.67. The van der Waals surface area contributed by atoms with E-state index in [1.54, 1.807) is 24.3 Å². The summed E-state index contributed by atoms with van der Waals surface area (Å²) in [6.45, 7) is 6.64. The predicted molar refractivity (Wildman–Crippen MR) is 129 cm³/mol. The third kappa shape index (κ3) is 3.28. The van der Waals surface area contributed by atoms with E-state index in [0.717, 1.165) is 16.8 Å². The zero-order chi connectivity index (χ0) is 22.7. The molecule has 1 unspecified atom stereocenters. The van der Waals surface area contributed by atoms with Gasteiger partial charge in [0.25, 0.3) is 5.69 Å². The number of nitro groups is 1. The number of ether oxygens (including phenoxy) is 1. The molecule has 1 atom stereocenters. The smallest absolute Gasteiger partial charge is 0.270 e. The molecule has 0 bridgehead atoms. The van der Waals surface area contributed by atoms with Gasteiger partial charge in [0.2, 0.25) is 5.72 Å². The molecule has 0 saturated carbocycles. The fourth-order valence-electron chi connectivity index (χ4n) is 4.95. The van der Waals surface area contributed by atoms with Crippen LogP contribution in [0.3, 0.4) is 0 Å². The zero-order valence-electron chi connectivity index (χ0n) is 18.1. The number of non-ortho nitro benzene ring substituents is 1. The fraction of sp³-hybridized carbons (Fsp3) is 0.259. The van der Waals surface area contributed by atoms with Crippen LogP contribution in [0.2, 0.25) is 0 Å². The molecule has 2 aliphatic rings. The Morgan fingerprint density at radius 2 is 1.79 bits per heavy atom. The maximum Gasteiger partial charge on any atom is 0.270 e. The van der Waals surface area contributed by atoms with Crippen molar-refractivity contribution in [2.24, 2.45) is 0 Å². The molecule has 5 nitrogen and oxygen atoms in total. The van der Waals surface area contributed by atoms with E-state index in [9.17, 15) is 14.5 Å². The van der Waals surface area contributed by atoms with Crippen molar-refractivity contribution in [3.05, 3.63) is 105 Å². The van der Waals surface area contributed by atoms with Gasteiger partial charge in [-0.25, -0.2) is 4.39 Å². The molecule has 0 aliphatic carbocycles. The van der Waals surface area contributed by atoms with Gasteiger partial charge in [-0.15, -0.1) is 0 Å². The minimum absolute atomic E-state index is 0. The molecule has 0 aromatic heterocycles. The highest BCUT2D eigenvalue weighted by molar-refractivity contribution is 5.74. The van der Waals surface area contributed by atoms with Gasteiger partial charge in [0.1, 0.15) is 11.6 Å². The van der Waals surface area contributed by atoms with Gasteiger partial charge in [0, 0.05) is 29.9 Å². The average Bonchev–Trinajstić information content (AvgIpc) is 2.94. The summed E-state index contributed by atoms with van der Waals surface area (Å²) in [5, 5.41) is 11.3. The van der Waals surface area contributed by atoms with E-state index in [0.29, 0.717) is 23.4 Å². The normalized spacial score (nSPS) is 19.5. The lowest BCUT2D eigenvalue weighted by Crippen LogP contribution is -2.59. The van der Waals surface area contributed by atoms with Crippen molar-refractivity contribution in [2.75, 3.05) is 4.90 Å². The minimum atomic E-state index is -0.848.